The van der Waals surface area contributed by atoms with Crippen molar-refractivity contribution in [2.45, 2.75) is 38.0 Å². The van der Waals surface area contributed by atoms with Crippen molar-refractivity contribution < 1.29 is 27.1 Å². The van der Waals surface area contributed by atoms with Crippen LogP contribution in [0.1, 0.15) is 32.1 Å². The smallest absolute Gasteiger partial charge is 0.309 e. The van der Waals surface area contributed by atoms with E-state index in [4.69, 9.17) is 5.11 Å². The highest BCUT2D eigenvalue weighted by molar-refractivity contribution is 7.90. The van der Waals surface area contributed by atoms with Crippen molar-refractivity contribution >= 4 is 15.8 Å². The summed E-state index contributed by atoms with van der Waals surface area (Å²) in [5, 5.41) is 9.12. The lowest BCUT2D eigenvalue weighted by atomic mass is 9.71. The molecule has 7 heteroatoms. The largest absolute Gasteiger partial charge is 0.481 e. The van der Waals surface area contributed by atoms with Crippen LogP contribution in [0.25, 0.3) is 0 Å². The highest BCUT2D eigenvalue weighted by atomic mass is 32.2. The van der Waals surface area contributed by atoms with E-state index >= 15 is 0 Å². The summed E-state index contributed by atoms with van der Waals surface area (Å²) >= 11 is 0. The Balaban J connectivity index is 2.76. The molecule has 0 bridgehead atoms. The third-order valence-corrected chi connectivity index (χ3v) is 4.29. The fourth-order valence-corrected chi connectivity index (χ4v) is 2.81. The zero-order valence-electron chi connectivity index (χ0n) is 9.58. The molecule has 0 heterocycles. The first-order valence-corrected chi connectivity index (χ1v) is 7.41. The molecule has 1 rings (SSSR count). The first-order chi connectivity index (χ1) is 7.56. The summed E-state index contributed by atoms with van der Waals surface area (Å²) in [6.07, 6.45) is -0.362. The first-order valence-electron chi connectivity index (χ1n) is 5.35. The SMILES string of the molecule is CS(=O)(=O)CCC1(C(=O)O)CCC(F)(F)CC1. The molecular weight excluding hydrogens is 254 g/mol. The second kappa shape index (κ2) is 4.51. The van der Waals surface area contributed by atoms with E-state index in [1.807, 2.05) is 0 Å². The lowest BCUT2D eigenvalue weighted by Gasteiger charge is -2.36. The summed E-state index contributed by atoms with van der Waals surface area (Å²) in [5.41, 5.74) is -1.30. The zero-order chi connectivity index (χ0) is 13.3. The number of alkyl halides is 2. The van der Waals surface area contributed by atoms with E-state index in [-0.39, 0.29) is 25.0 Å². The predicted octanol–water partition coefficient (Wildman–Crippen LogP) is 1.70. The molecular formula is C10H16F2O4S. The minimum absolute atomic E-state index is 0.0861. The van der Waals surface area contributed by atoms with Crippen molar-refractivity contribution in [2.75, 3.05) is 12.0 Å². The monoisotopic (exact) mass is 270 g/mol. The highest BCUT2D eigenvalue weighted by Gasteiger charge is 2.47. The molecule has 0 atom stereocenters. The Morgan fingerprint density at radius 1 is 1.24 bits per heavy atom. The molecule has 0 saturated heterocycles. The highest BCUT2D eigenvalue weighted by Crippen LogP contribution is 2.45. The van der Waals surface area contributed by atoms with Gasteiger partial charge in [0.1, 0.15) is 9.84 Å². The fraction of sp³-hybridized carbons (Fsp3) is 0.900. The van der Waals surface area contributed by atoms with Crippen LogP contribution in [0.15, 0.2) is 0 Å². The molecule has 0 radical (unpaired) electrons. The van der Waals surface area contributed by atoms with Gasteiger partial charge in [0, 0.05) is 19.1 Å². The van der Waals surface area contributed by atoms with Crippen LogP contribution in [0, 0.1) is 5.41 Å². The lowest BCUT2D eigenvalue weighted by Crippen LogP contribution is -2.40. The Hall–Kier alpha value is -0.720. The molecule has 100 valence electrons. The van der Waals surface area contributed by atoms with Gasteiger partial charge in [-0.25, -0.2) is 17.2 Å². The van der Waals surface area contributed by atoms with Gasteiger partial charge in [-0.2, -0.15) is 0 Å². The minimum Gasteiger partial charge on any atom is -0.481 e. The van der Waals surface area contributed by atoms with Crippen molar-refractivity contribution in [1.82, 2.24) is 0 Å². The number of rotatable bonds is 4. The average molecular weight is 270 g/mol. The molecule has 17 heavy (non-hydrogen) atoms. The maximum Gasteiger partial charge on any atom is 0.309 e. The van der Waals surface area contributed by atoms with Crippen LogP contribution in [0.2, 0.25) is 0 Å². The first kappa shape index (κ1) is 14.3. The van der Waals surface area contributed by atoms with Gasteiger partial charge in [0.05, 0.1) is 11.2 Å². The van der Waals surface area contributed by atoms with Crippen LogP contribution in [0.5, 0.6) is 0 Å². The maximum atomic E-state index is 13.0. The third kappa shape index (κ3) is 3.90. The van der Waals surface area contributed by atoms with Crippen molar-refractivity contribution in [2.24, 2.45) is 5.41 Å². The summed E-state index contributed by atoms with van der Waals surface area (Å²) in [6, 6.07) is 0. The molecule has 0 spiro atoms. The summed E-state index contributed by atoms with van der Waals surface area (Å²) < 4.78 is 48.0. The molecule has 1 N–H and O–H groups in total. The van der Waals surface area contributed by atoms with Gasteiger partial charge in [-0.1, -0.05) is 0 Å². The topological polar surface area (TPSA) is 71.4 Å². The van der Waals surface area contributed by atoms with E-state index < -0.39 is 40.0 Å². The quantitative estimate of drug-likeness (QED) is 0.844. The molecule has 0 unspecified atom stereocenters. The van der Waals surface area contributed by atoms with Gasteiger partial charge >= 0.3 is 5.97 Å². The maximum absolute atomic E-state index is 13.0. The molecule has 0 aromatic rings. The number of hydrogen-bond donors (Lipinski definition) is 1. The van der Waals surface area contributed by atoms with Gasteiger partial charge in [0.25, 0.3) is 0 Å². The van der Waals surface area contributed by atoms with E-state index in [1.54, 1.807) is 0 Å². The second-order valence-electron chi connectivity index (χ2n) is 4.82. The molecule has 0 aromatic carbocycles. The number of aliphatic carboxylic acids is 1. The van der Waals surface area contributed by atoms with Crippen LogP contribution in [-0.4, -0.2) is 37.4 Å². The van der Waals surface area contributed by atoms with Gasteiger partial charge in [0.15, 0.2) is 0 Å². The summed E-state index contributed by atoms with van der Waals surface area (Å²) in [4.78, 5) is 11.2. The number of carboxylic acid groups (broad SMARTS) is 1. The van der Waals surface area contributed by atoms with Crippen molar-refractivity contribution in [1.29, 1.82) is 0 Å². The van der Waals surface area contributed by atoms with Gasteiger partial charge in [-0.3, -0.25) is 4.79 Å². The normalized spacial score (nSPS) is 23.2. The van der Waals surface area contributed by atoms with Crippen LogP contribution >= 0.6 is 0 Å². The molecule has 0 amide bonds. The fourth-order valence-electron chi connectivity index (χ4n) is 2.05. The van der Waals surface area contributed by atoms with Crippen molar-refractivity contribution in [3.63, 3.8) is 0 Å². The van der Waals surface area contributed by atoms with Crippen molar-refractivity contribution in [3.8, 4) is 0 Å². The van der Waals surface area contributed by atoms with Gasteiger partial charge in [-0.05, 0) is 19.3 Å². The molecule has 1 fully saturated rings. The Bertz CT molecular complexity index is 393. The molecule has 1 saturated carbocycles. The Morgan fingerprint density at radius 2 is 1.71 bits per heavy atom. The van der Waals surface area contributed by atoms with Crippen LogP contribution in [0.4, 0.5) is 8.78 Å². The number of carbonyl (C=O) groups is 1. The molecule has 4 nitrogen and oxygen atoms in total. The number of hydrogen-bond acceptors (Lipinski definition) is 3. The van der Waals surface area contributed by atoms with Gasteiger partial charge < -0.3 is 5.11 Å². The molecule has 0 aliphatic heterocycles. The van der Waals surface area contributed by atoms with E-state index in [0.29, 0.717) is 0 Å². The van der Waals surface area contributed by atoms with Gasteiger partial charge in [-0.15, -0.1) is 0 Å². The second-order valence-corrected chi connectivity index (χ2v) is 7.08. The predicted molar refractivity (Wildman–Crippen MR) is 57.8 cm³/mol. The van der Waals surface area contributed by atoms with E-state index in [2.05, 4.69) is 0 Å². The molecule has 0 aromatic heterocycles. The average Bonchev–Trinajstić information content (AvgIpc) is 2.15. The minimum atomic E-state index is -3.27. The summed E-state index contributed by atoms with van der Waals surface area (Å²) in [5.74, 6) is -4.26. The number of halogens is 2. The summed E-state index contributed by atoms with van der Waals surface area (Å²) in [7, 11) is -3.27. The van der Waals surface area contributed by atoms with E-state index in [1.165, 1.54) is 0 Å². The Morgan fingerprint density at radius 3 is 2.06 bits per heavy atom. The van der Waals surface area contributed by atoms with E-state index in [0.717, 1.165) is 6.26 Å². The lowest BCUT2D eigenvalue weighted by molar-refractivity contribution is -0.157. The molecule has 1 aliphatic rings. The zero-order valence-corrected chi connectivity index (χ0v) is 10.4. The Kier molecular flexibility index (Phi) is 3.81. The van der Waals surface area contributed by atoms with Crippen LogP contribution < -0.4 is 0 Å². The van der Waals surface area contributed by atoms with Crippen LogP contribution in [0.3, 0.4) is 0 Å². The third-order valence-electron chi connectivity index (χ3n) is 3.34. The molecule has 1 aliphatic carbocycles. The van der Waals surface area contributed by atoms with E-state index in [9.17, 15) is 22.0 Å². The summed E-state index contributed by atoms with van der Waals surface area (Å²) in [6.45, 7) is 0. The Labute approximate surface area is 98.9 Å². The van der Waals surface area contributed by atoms with Gasteiger partial charge in [0.2, 0.25) is 5.92 Å². The number of sulfone groups is 1. The van der Waals surface area contributed by atoms with Crippen LogP contribution in [-0.2, 0) is 14.6 Å². The number of carboxylic acids is 1. The standard InChI is InChI=1S/C10H16F2O4S/c1-17(15,16)7-6-9(8(13)14)2-4-10(11,12)5-3-9/h2-7H2,1H3,(H,13,14). The van der Waals surface area contributed by atoms with Crippen molar-refractivity contribution in [3.05, 3.63) is 0 Å².